The quantitative estimate of drug-likeness (QED) is 0.786. The Balaban J connectivity index is 1.76. The van der Waals surface area contributed by atoms with Crippen LogP contribution in [0.25, 0.3) is 0 Å². The first-order chi connectivity index (χ1) is 8.72. The molecule has 0 aliphatic carbocycles. The average Bonchev–Trinajstić information content (AvgIpc) is 2.68. The molecule has 5 heteroatoms. The van der Waals surface area contributed by atoms with E-state index in [9.17, 15) is 4.79 Å². The lowest BCUT2D eigenvalue weighted by atomic mass is 10.1. The zero-order chi connectivity index (χ0) is 12.5. The Bertz CT molecular complexity index is 465. The van der Waals surface area contributed by atoms with Gasteiger partial charge < -0.3 is 10.2 Å². The maximum absolute atomic E-state index is 12.4. The van der Waals surface area contributed by atoms with E-state index in [0.717, 1.165) is 25.9 Å². The van der Waals surface area contributed by atoms with Crippen LogP contribution in [0.5, 0.6) is 0 Å². The van der Waals surface area contributed by atoms with E-state index < -0.39 is 0 Å². The molecule has 18 heavy (non-hydrogen) atoms. The van der Waals surface area contributed by atoms with Crippen LogP contribution in [0.2, 0.25) is 5.15 Å². The molecule has 1 aromatic rings. The molecule has 3 heterocycles. The molecule has 0 spiro atoms. The lowest BCUT2D eigenvalue weighted by Crippen LogP contribution is -2.39. The van der Waals surface area contributed by atoms with Crippen LogP contribution >= 0.6 is 11.6 Å². The maximum atomic E-state index is 12.4. The molecule has 0 aromatic carbocycles. The van der Waals surface area contributed by atoms with Crippen LogP contribution in [-0.4, -0.2) is 41.0 Å². The summed E-state index contributed by atoms with van der Waals surface area (Å²) in [5, 5.41) is 3.93. The molecular weight excluding hydrogens is 250 g/mol. The lowest BCUT2D eigenvalue weighted by Gasteiger charge is -2.23. The molecule has 2 saturated heterocycles. The van der Waals surface area contributed by atoms with Crippen molar-refractivity contribution in [2.24, 2.45) is 0 Å². The van der Waals surface area contributed by atoms with Crippen molar-refractivity contribution in [2.75, 3.05) is 13.1 Å². The molecule has 4 nitrogen and oxygen atoms in total. The largest absolute Gasteiger partial charge is 0.336 e. The molecule has 2 aliphatic rings. The Labute approximate surface area is 111 Å². The van der Waals surface area contributed by atoms with E-state index in [-0.39, 0.29) is 5.91 Å². The highest BCUT2D eigenvalue weighted by Gasteiger charge is 2.31. The molecule has 2 fully saturated rings. The normalized spacial score (nSPS) is 27.1. The molecule has 0 saturated carbocycles. The monoisotopic (exact) mass is 265 g/mol. The highest BCUT2D eigenvalue weighted by molar-refractivity contribution is 6.29. The Morgan fingerprint density at radius 2 is 2.17 bits per heavy atom. The molecule has 2 bridgehead atoms. The maximum Gasteiger partial charge on any atom is 0.272 e. The smallest absolute Gasteiger partial charge is 0.272 e. The third-order valence-corrected chi connectivity index (χ3v) is 3.96. The van der Waals surface area contributed by atoms with Gasteiger partial charge in [-0.25, -0.2) is 4.98 Å². The molecule has 1 amide bonds. The molecule has 2 aliphatic heterocycles. The van der Waals surface area contributed by atoms with Crippen LogP contribution in [0.15, 0.2) is 18.2 Å². The van der Waals surface area contributed by atoms with Gasteiger partial charge in [0.1, 0.15) is 10.8 Å². The van der Waals surface area contributed by atoms with Crippen molar-refractivity contribution in [3.8, 4) is 0 Å². The molecule has 96 valence electrons. The predicted molar refractivity (Wildman–Crippen MR) is 69.7 cm³/mol. The zero-order valence-electron chi connectivity index (χ0n) is 10.1. The van der Waals surface area contributed by atoms with Crippen LogP contribution in [0.3, 0.4) is 0 Å². The predicted octanol–water partition coefficient (Wildman–Crippen LogP) is 1.70. The molecular formula is C13H16ClN3O. The fraction of sp³-hybridized carbons (Fsp3) is 0.538. The number of hydrogen-bond acceptors (Lipinski definition) is 3. The molecule has 2 atom stereocenters. The van der Waals surface area contributed by atoms with E-state index in [1.807, 2.05) is 4.90 Å². The molecule has 1 aromatic heterocycles. The summed E-state index contributed by atoms with van der Waals surface area (Å²) in [4.78, 5) is 18.4. The van der Waals surface area contributed by atoms with Gasteiger partial charge in [0.2, 0.25) is 0 Å². The summed E-state index contributed by atoms with van der Waals surface area (Å²) in [6.45, 7) is 1.59. The van der Waals surface area contributed by atoms with E-state index in [1.54, 1.807) is 18.2 Å². The molecule has 3 rings (SSSR count). The Morgan fingerprint density at radius 1 is 1.33 bits per heavy atom. The van der Waals surface area contributed by atoms with Crippen LogP contribution in [-0.2, 0) is 0 Å². The summed E-state index contributed by atoms with van der Waals surface area (Å²) in [5.41, 5.74) is 0.445. The van der Waals surface area contributed by atoms with Crippen molar-refractivity contribution in [2.45, 2.75) is 31.3 Å². The topological polar surface area (TPSA) is 45.2 Å². The van der Waals surface area contributed by atoms with Crippen molar-refractivity contribution in [1.29, 1.82) is 0 Å². The summed E-state index contributed by atoms with van der Waals surface area (Å²) in [5.74, 6) is -0.00755. The van der Waals surface area contributed by atoms with Crippen molar-refractivity contribution in [3.05, 3.63) is 29.0 Å². The fourth-order valence-electron chi connectivity index (χ4n) is 2.82. The minimum absolute atomic E-state index is 0.00755. The third kappa shape index (κ3) is 2.35. The summed E-state index contributed by atoms with van der Waals surface area (Å²) in [7, 11) is 0. The van der Waals surface area contributed by atoms with Crippen molar-refractivity contribution >= 4 is 17.5 Å². The fourth-order valence-corrected chi connectivity index (χ4v) is 2.98. The van der Waals surface area contributed by atoms with Crippen molar-refractivity contribution in [1.82, 2.24) is 15.2 Å². The van der Waals surface area contributed by atoms with Gasteiger partial charge in [-0.3, -0.25) is 4.79 Å². The van der Waals surface area contributed by atoms with Gasteiger partial charge in [0.15, 0.2) is 0 Å². The van der Waals surface area contributed by atoms with E-state index >= 15 is 0 Å². The van der Waals surface area contributed by atoms with Crippen molar-refractivity contribution in [3.63, 3.8) is 0 Å². The van der Waals surface area contributed by atoms with E-state index in [2.05, 4.69) is 10.3 Å². The standard InChI is InChI=1S/C13H16ClN3O/c14-12-3-1-2-11(16-12)13(18)17-7-6-9-4-5-10(8-17)15-9/h1-3,9-10,15H,4-8H2/t9-,10+/m1/s1. The number of fused-ring (bicyclic) bond motifs is 2. The first-order valence-corrected chi connectivity index (χ1v) is 6.78. The summed E-state index contributed by atoms with van der Waals surface area (Å²) in [6, 6.07) is 6.21. The second-order valence-electron chi connectivity index (χ2n) is 5.02. The first-order valence-electron chi connectivity index (χ1n) is 6.40. The van der Waals surface area contributed by atoms with Crippen LogP contribution in [0.1, 0.15) is 29.8 Å². The molecule has 0 unspecified atom stereocenters. The molecule has 1 N–H and O–H groups in total. The highest BCUT2D eigenvalue weighted by atomic mass is 35.5. The number of nitrogens with one attached hydrogen (secondary N) is 1. The van der Waals surface area contributed by atoms with E-state index in [1.165, 1.54) is 6.42 Å². The van der Waals surface area contributed by atoms with Crippen LogP contribution in [0.4, 0.5) is 0 Å². The number of nitrogens with zero attached hydrogens (tertiary/aromatic N) is 2. The number of aromatic nitrogens is 1. The number of hydrogen-bond donors (Lipinski definition) is 1. The third-order valence-electron chi connectivity index (χ3n) is 3.74. The highest BCUT2D eigenvalue weighted by Crippen LogP contribution is 2.21. The number of rotatable bonds is 1. The lowest BCUT2D eigenvalue weighted by molar-refractivity contribution is 0.0742. The van der Waals surface area contributed by atoms with Gasteiger partial charge >= 0.3 is 0 Å². The molecule has 0 radical (unpaired) electrons. The van der Waals surface area contributed by atoms with E-state index in [0.29, 0.717) is 22.9 Å². The van der Waals surface area contributed by atoms with Gasteiger partial charge in [-0.15, -0.1) is 0 Å². The number of halogens is 1. The van der Waals surface area contributed by atoms with Crippen LogP contribution < -0.4 is 5.32 Å². The summed E-state index contributed by atoms with van der Waals surface area (Å²) < 4.78 is 0. The van der Waals surface area contributed by atoms with Gasteiger partial charge in [-0.05, 0) is 31.4 Å². The number of likely N-dealkylation sites (tertiary alicyclic amines) is 1. The Kier molecular flexibility index (Phi) is 3.22. The summed E-state index contributed by atoms with van der Waals surface area (Å²) >= 11 is 5.83. The van der Waals surface area contributed by atoms with Gasteiger partial charge in [0.25, 0.3) is 5.91 Å². The van der Waals surface area contributed by atoms with E-state index in [4.69, 9.17) is 11.6 Å². The Morgan fingerprint density at radius 3 is 3.00 bits per heavy atom. The van der Waals surface area contributed by atoms with Crippen molar-refractivity contribution < 1.29 is 4.79 Å². The second kappa shape index (κ2) is 4.86. The number of amides is 1. The zero-order valence-corrected chi connectivity index (χ0v) is 10.9. The minimum atomic E-state index is -0.00755. The van der Waals surface area contributed by atoms with Crippen LogP contribution in [0, 0.1) is 0 Å². The number of carbonyl (C=O) groups is 1. The van der Waals surface area contributed by atoms with Gasteiger partial charge in [-0.2, -0.15) is 0 Å². The number of carbonyl (C=O) groups excluding carboxylic acids is 1. The Hall–Kier alpha value is -1.13. The van der Waals surface area contributed by atoms with Gasteiger partial charge in [0.05, 0.1) is 0 Å². The van der Waals surface area contributed by atoms with Gasteiger partial charge in [-0.1, -0.05) is 17.7 Å². The number of pyridine rings is 1. The minimum Gasteiger partial charge on any atom is -0.336 e. The SMILES string of the molecule is O=C(c1cccc(Cl)n1)N1CC[C@H]2CC[C@@H](C1)N2. The summed E-state index contributed by atoms with van der Waals surface area (Å²) in [6.07, 6.45) is 3.43. The second-order valence-corrected chi connectivity index (χ2v) is 5.41. The first kappa shape index (κ1) is 11.9. The van der Waals surface area contributed by atoms with Gasteiger partial charge in [0, 0.05) is 25.2 Å². The average molecular weight is 266 g/mol.